The van der Waals surface area contributed by atoms with Gasteiger partial charge in [-0.25, -0.2) is 0 Å². The lowest BCUT2D eigenvalue weighted by molar-refractivity contribution is -0.146. The fourth-order valence-corrected chi connectivity index (χ4v) is 3.47. The van der Waals surface area contributed by atoms with Crippen molar-refractivity contribution in [1.29, 1.82) is 0 Å². The largest absolute Gasteiger partial charge is 0.299 e. The molecule has 1 heteroatoms. The zero-order valence-corrected chi connectivity index (χ0v) is 9.26. The molecule has 0 spiro atoms. The van der Waals surface area contributed by atoms with Gasteiger partial charge in [0.15, 0.2) is 0 Å². The fourth-order valence-electron chi connectivity index (χ4n) is 3.47. The van der Waals surface area contributed by atoms with E-state index in [1.165, 1.54) is 6.42 Å². The van der Waals surface area contributed by atoms with Gasteiger partial charge in [0.2, 0.25) is 0 Å². The van der Waals surface area contributed by atoms with E-state index in [0.29, 0.717) is 18.1 Å². The molecule has 0 aromatic heterocycles. The third kappa shape index (κ3) is 1.21. The van der Waals surface area contributed by atoms with Crippen LogP contribution in [0.25, 0.3) is 0 Å². The number of hydrogen-bond donors (Lipinski definition) is 0. The number of carbonyl (C=O) groups is 1. The third-order valence-electron chi connectivity index (χ3n) is 3.99. The molecule has 3 unspecified atom stereocenters. The fraction of sp³-hybridized carbons (Fsp3) is 0.769. The molecule has 0 aromatic rings. The first kappa shape index (κ1) is 9.77. The monoisotopic (exact) mass is 190 g/mol. The molecule has 0 aromatic carbocycles. The van der Waals surface area contributed by atoms with E-state index in [0.717, 1.165) is 6.42 Å². The average molecular weight is 190 g/mol. The van der Waals surface area contributed by atoms with Crippen molar-refractivity contribution in [3.05, 3.63) is 0 Å². The Morgan fingerprint density at radius 2 is 2.00 bits per heavy atom. The summed E-state index contributed by atoms with van der Waals surface area (Å²) in [5, 5.41) is 0. The van der Waals surface area contributed by atoms with Crippen molar-refractivity contribution < 1.29 is 4.79 Å². The molecular weight excluding hydrogens is 172 g/mol. The van der Waals surface area contributed by atoms with Gasteiger partial charge in [-0.1, -0.05) is 19.8 Å². The molecule has 14 heavy (non-hydrogen) atoms. The summed E-state index contributed by atoms with van der Waals surface area (Å²) >= 11 is 0. The lowest BCUT2D eigenvalue weighted by Crippen LogP contribution is -2.54. The summed E-state index contributed by atoms with van der Waals surface area (Å²) in [4.78, 5) is 12.0. The Hall–Kier alpha value is -0.770. The maximum Gasteiger partial charge on any atom is 0.138 e. The molecule has 0 aliphatic heterocycles. The molecule has 0 heterocycles. The van der Waals surface area contributed by atoms with Gasteiger partial charge in [0.05, 0.1) is 0 Å². The Morgan fingerprint density at radius 3 is 2.50 bits per heavy atom. The first-order valence-corrected chi connectivity index (χ1v) is 5.38. The Labute approximate surface area is 86.3 Å². The summed E-state index contributed by atoms with van der Waals surface area (Å²) in [5.41, 5.74) is 0.0758. The zero-order chi connectivity index (χ0) is 10.6. The van der Waals surface area contributed by atoms with Crippen molar-refractivity contribution in [3.63, 3.8) is 0 Å². The van der Waals surface area contributed by atoms with Crippen LogP contribution in [0.2, 0.25) is 0 Å². The summed E-state index contributed by atoms with van der Waals surface area (Å²) in [7, 11) is 0. The zero-order valence-electron chi connectivity index (χ0n) is 9.26. The van der Waals surface area contributed by atoms with Crippen LogP contribution in [0, 0.1) is 35.0 Å². The lowest BCUT2D eigenvalue weighted by atomic mass is 9.47. The second-order valence-electron chi connectivity index (χ2n) is 6.02. The Bertz CT molecular complexity index is 321. The molecule has 2 fully saturated rings. The van der Waals surface area contributed by atoms with Crippen LogP contribution in [-0.4, -0.2) is 5.78 Å². The number of rotatable bonds is 0. The SMILES string of the molecule is C#CC1(C)CC2CC(C)(C)CC(=O)C21. The van der Waals surface area contributed by atoms with Crippen molar-refractivity contribution in [2.24, 2.45) is 22.7 Å². The van der Waals surface area contributed by atoms with E-state index < -0.39 is 0 Å². The quantitative estimate of drug-likeness (QED) is 0.537. The standard InChI is InChI=1S/C13H18O/c1-5-13(4)7-9-6-12(2,3)8-10(14)11(9)13/h1,9,11H,6-8H2,2-4H3. The molecule has 0 N–H and O–H groups in total. The molecule has 0 saturated heterocycles. The number of terminal acetylenes is 1. The maximum atomic E-state index is 12.0. The third-order valence-corrected chi connectivity index (χ3v) is 3.99. The van der Waals surface area contributed by atoms with Crippen molar-refractivity contribution in [1.82, 2.24) is 0 Å². The van der Waals surface area contributed by atoms with Gasteiger partial charge in [-0.2, -0.15) is 0 Å². The van der Waals surface area contributed by atoms with Gasteiger partial charge in [-0.3, -0.25) is 4.79 Å². The highest BCUT2D eigenvalue weighted by molar-refractivity contribution is 5.85. The Morgan fingerprint density at radius 1 is 1.36 bits per heavy atom. The van der Waals surface area contributed by atoms with Crippen LogP contribution in [0.15, 0.2) is 0 Å². The number of fused-ring (bicyclic) bond motifs is 1. The maximum absolute atomic E-state index is 12.0. The van der Waals surface area contributed by atoms with Crippen LogP contribution >= 0.6 is 0 Å². The average Bonchev–Trinajstić information content (AvgIpc) is 1.98. The van der Waals surface area contributed by atoms with E-state index in [9.17, 15) is 4.79 Å². The topological polar surface area (TPSA) is 17.1 Å². The molecular formula is C13H18O. The van der Waals surface area contributed by atoms with Gasteiger partial charge < -0.3 is 0 Å². The second-order valence-corrected chi connectivity index (χ2v) is 6.02. The Kier molecular flexibility index (Phi) is 1.83. The van der Waals surface area contributed by atoms with Crippen molar-refractivity contribution in [3.8, 4) is 12.3 Å². The van der Waals surface area contributed by atoms with Gasteiger partial charge in [-0.15, -0.1) is 6.42 Å². The van der Waals surface area contributed by atoms with Crippen molar-refractivity contribution in [2.45, 2.75) is 40.0 Å². The van der Waals surface area contributed by atoms with E-state index in [1.54, 1.807) is 0 Å². The van der Waals surface area contributed by atoms with Gasteiger partial charge >= 0.3 is 0 Å². The highest BCUT2D eigenvalue weighted by atomic mass is 16.1. The number of carbonyl (C=O) groups excluding carboxylic acids is 1. The van der Waals surface area contributed by atoms with Crippen LogP contribution in [0.5, 0.6) is 0 Å². The number of Topliss-reactive ketones (excluding diaryl/α,β-unsaturated/α-hetero) is 1. The smallest absolute Gasteiger partial charge is 0.138 e. The minimum Gasteiger partial charge on any atom is -0.299 e. The molecule has 2 aliphatic carbocycles. The lowest BCUT2D eigenvalue weighted by Gasteiger charge is -2.55. The van der Waals surface area contributed by atoms with Crippen LogP contribution in [-0.2, 0) is 4.79 Å². The minimum atomic E-state index is -0.127. The van der Waals surface area contributed by atoms with Gasteiger partial charge in [0.1, 0.15) is 5.78 Å². The van der Waals surface area contributed by atoms with E-state index in [1.807, 2.05) is 0 Å². The number of hydrogen-bond acceptors (Lipinski definition) is 1. The van der Waals surface area contributed by atoms with Crippen molar-refractivity contribution >= 4 is 5.78 Å². The van der Waals surface area contributed by atoms with Crippen LogP contribution < -0.4 is 0 Å². The molecule has 2 aliphatic rings. The Balaban J connectivity index is 2.21. The summed E-state index contributed by atoms with van der Waals surface area (Å²) in [5.74, 6) is 3.94. The molecule has 2 saturated carbocycles. The summed E-state index contributed by atoms with van der Waals surface area (Å²) < 4.78 is 0. The molecule has 0 bridgehead atoms. The van der Waals surface area contributed by atoms with Gasteiger partial charge in [0, 0.05) is 17.8 Å². The molecule has 0 amide bonds. The van der Waals surface area contributed by atoms with Crippen LogP contribution in [0.3, 0.4) is 0 Å². The molecule has 76 valence electrons. The normalized spacial score (nSPS) is 44.9. The van der Waals surface area contributed by atoms with E-state index in [2.05, 4.69) is 26.7 Å². The van der Waals surface area contributed by atoms with Crippen LogP contribution in [0.4, 0.5) is 0 Å². The molecule has 2 rings (SSSR count). The molecule has 3 atom stereocenters. The van der Waals surface area contributed by atoms with E-state index in [4.69, 9.17) is 6.42 Å². The predicted octanol–water partition coefficient (Wildman–Crippen LogP) is 2.65. The van der Waals surface area contributed by atoms with E-state index in [-0.39, 0.29) is 16.7 Å². The van der Waals surface area contributed by atoms with Crippen LogP contribution in [0.1, 0.15) is 40.0 Å². The first-order valence-electron chi connectivity index (χ1n) is 5.38. The molecule has 0 radical (unpaired) electrons. The van der Waals surface area contributed by atoms with Crippen molar-refractivity contribution in [2.75, 3.05) is 0 Å². The molecule has 1 nitrogen and oxygen atoms in total. The number of ketones is 1. The van der Waals surface area contributed by atoms with Gasteiger partial charge in [-0.05, 0) is 31.1 Å². The minimum absolute atomic E-state index is 0.127. The highest BCUT2D eigenvalue weighted by Crippen LogP contribution is 2.58. The summed E-state index contributed by atoms with van der Waals surface area (Å²) in [6, 6.07) is 0. The van der Waals surface area contributed by atoms with E-state index >= 15 is 0 Å². The predicted molar refractivity (Wildman–Crippen MR) is 56.6 cm³/mol. The first-order chi connectivity index (χ1) is 6.38. The highest BCUT2D eigenvalue weighted by Gasteiger charge is 2.57. The summed E-state index contributed by atoms with van der Waals surface area (Å²) in [6.07, 6.45) is 8.43. The second kappa shape index (κ2) is 2.63. The summed E-state index contributed by atoms with van der Waals surface area (Å²) in [6.45, 7) is 6.43. The van der Waals surface area contributed by atoms with Gasteiger partial charge in [0.25, 0.3) is 0 Å².